The van der Waals surface area contributed by atoms with E-state index in [2.05, 4.69) is 5.32 Å². The van der Waals surface area contributed by atoms with Crippen molar-refractivity contribution in [2.75, 3.05) is 26.9 Å². The number of hydrogen-bond donors (Lipinski definition) is 1. The van der Waals surface area contributed by atoms with E-state index in [1.54, 1.807) is 0 Å². The molecule has 1 N–H and O–H groups in total. The topological polar surface area (TPSA) is 30.5 Å². The summed E-state index contributed by atoms with van der Waals surface area (Å²) in [7, 11) is 1.84. The van der Waals surface area contributed by atoms with Crippen LogP contribution in [0.15, 0.2) is 24.3 Å². The number of halogens is 2. The lowest BCUT2D eigenvalue weighted by Crippen LogP contribution is -2.19. The predicted molar refractivity (Wildman–Crippen MR) is 70.9 cm³/mol. The van der Waals surface area contributed by atoms with Crippen molar-refractivity contribution in [2.45, 2.75) is 25.8 Å². The highest BCUT2D eigenvalue weighted by molar-refractivity contribution is 5.30. The van der Waals surface area contributed by atoms with Gasteiger partial charge in [0.15, 0.2) is 0 Å². The van der Waals surface area contributed by atoms with Gasteiger partial charge < -0.3 is 14.8 Å². The molecule has 0 spiro atoms. The highest BCUT2D eigenvalue weighted by Gasteiger charge is 2.10. The van der Waals surface area contributed by atoms with Gasteiger partial charge in [0, 0.05) is 12.6 Å². The van der Waals surface area contributed by atoms with E-state index in [4.69, 9.17) is 9.47 Å². The summed E-state index contributed by atoms with van der Waals surface area (Å²) in [6.45, 7) is 2.34. The maximum Gasteiger partial charge on any atom is 0.261 e. The first-order valence-electron chi connectivity index (χ1n) is 6.43. The average molecular weight is 273 g/mol. The summed E-state index contributed by atoms with van der Waals surface area (Å²) >= 11 is 0. The molecule has 0 radical (unpaired) electrons. The molecule has 108 valence electrons. The molecular weight excluding hydrogens is 252 g/mol. The zero-order valence-electron chi connectivity index (χ0n) is 11.4. The molecule has 5 heteroatoms. The SMILES string of the molecule is CCOc1cccc(C(CCOCC(F)F)NC)c1. The minimum absolute atomic E-state index is 0.0677. The molecule has 0 heterocycles. The Morgan fingerprint density at radius 2 is 2.11 bits per heavy atom. The third-order valence-electron chi connectivity index (χ3n) is 2.71. The van der Waals surface area contributed by atoms with Crippen LogP contribution >= 0.6 is 0 Å². The molecule has 1 aromatic rings. The number of alkyl halides is 2. The molecule has 0 amide bonds. The fraction of sp³-hybridized carbons (Fsp3) is 0.571. The fourth-order valence-corrected chi connectivity index (χ4v) is 1.84. The lowest BCUT2D eigenvalue weighted by molar-refractivity contribution is 0.0145. The molecule has 0 saturated carbocycles. The molecule has 0 aromatic heterocycles. The van der Waals surface area contributed by atoms with Gasteiger partial charge in [0.05, 0.1) is 6.61 Å². The van der Waals surface area contributed by atoms with Gasteiger partial charge in [-0.3, -0.25) is 0 Å². The number of rotatable bonds is 9. The summed E-state index contributed by atoms with van der Waals surface area (Å²) in [5.74, 6) is 0.814. The van der Waals surface area contributed by atoms with Crippen LogP contribution in [-0.2, 0) is 4.74 Å². The molecule has 1 aromatic carbocycles. The Morgan fingerprint density at radius 3 is 2.74 bits per heavy atom. The van der Waals surface area contributed by atoms with E-state index < -0.39 is 13.0 Å². The van der Waals surface area contributed by atoms with Crippen molar-refractivity contribution in [3.63, 3.8) is 0 Å². The first-order valence-corrected chi connectivity index (χ1v) is 6.43. The molecule has 0 saturated heterocycles. The number of hydrogen-bond acceptors (Lipinski definition) is 3. The van der Waals surface area contributed by atoms with E-state index in [0.717, 1.165) is 11.3 Å². The Kier molecular flexibility index (Phi) is 7.36. The van der Waals surface area contributed by atoms with Crippen LogP contribution in [0.4, 0.5) is 8.78 Å². The molecule has 1 unspecified atom stereocenters. The van der Waals surface area contributed by atoms with E-state index in [9.17, 15) is 8.78 Å². The summed E-state index contributed by atoms with van der Waals surface area (Å²) in [6, 6.07) is 7.82. The molecule has 0 bridgehead atoms. The molecule has 0 aliphatic rings. The highest BCUT2D eigenvalue weighted by atomic mass is 19.3. The summed E-state index contributed by atoms with van der Waals surface area (Å²) in [5, 5.41) is 3.15. The summed E-state index contributed by atoms with van der Waals surface area (Å²) in [4.78, 5) is 0. The average Bonchev–Trinajstić information content (AvgIpc) is 2.39. The van der Waals surface area contributed by atoms with Crippen molar-refractivity contribution in [1.82, 2.24) is 5.32 Å². The zero-order chi connectivity index (χ0) is 14.1. The van der Waals surface area contributed by atoms with Crippen LogP contribution in [0.2, 0.25) is 0 Å². The maximum atomic E-state index is 11.9. The van der Waals surface area contributed by atoms with E-state index >= 15 is 0 Å². The number of benzene rings is 1. The van der Waals surface area contributed by atoms with Gasteiger partial charge in [-0.2, -0.15) is 0 Å². The van der Waals surface area contributed by atoms with Crippen LogP contribution in [0, 0.1) is 0 Å². The predicted octanol–water partition coefficient (Wildman–Crippen LogP) is 3.02. The van der Waals surface area contributed by atoms with Gasteiger partial charge in [-0.05, 0) is 38.1 Å². The quantitative estimate of drug-likeness (QED) is 0.702. The molecule has 3 nitrogen and oxygen atoms in total. The van der Waals surface area contributed by atoms with Crippen molar-refractivity contribution in [1.29, 1.82) is 0 Å². The smallest absolute Gasteiger partial charge is 0.261 e. The van der Waals surface area contributed by atoms with Gasteiger partial charge in [0.2, 0.25) is 0 Å². The Labute approximate surface area is 112 Å². The summed E-state index contributed by atoms with van der Waals surface area (Å²) in [5.41, 5.74) is 1.06. The number of ether oxygens (including phenoxy) is 2. The van der Waals surface area contributed by atoms with Gasteiger partial charge >= 0.3 is 0 Å². The van der Waals surface area contributed by atoms with Gasteiger partial charge in [-0.15, -0.1) is 0 Å². The van der Waals surface area contributed by atoms with Crippen molar-refractivity contribution in [3.05, 3.63) is 29.8 Å². The van der Waals surface area contributed by atoms with Crippen molar-refractivity contribution in [2.24, 2.45) is 0 Å². The minimum Gasteiger partial charge on any atom is -0.494 e. The minimum atomic E-state index is -2.41. The second kappa shape index (κ2) is 8.82. The van der Waals surface area contributed by atoms with Gasteiger partial charge in [-0.1, -0.05) is 12.1 Å². The van der Waals surface area contributed by atoms with Gasteiger partial charge in [0.1, 0.15) is 12.4 Å². The lowest BCUT2D eigenvalue weighted by atomic mass is 10.0. The largest absolute Gasteiger partial charge is 0.494 e. The van der Waals surface area contributed by atoms with Crippen molar-refractivity contribution in [3.8, 4) is 5.75 Å². The Balaban J connectivity index is 2.51. The fourth-order valence-electron chi connectivity index (χ4n) is 1.84. The molecule has 19 heavy (non-hydrogen) atoms. The van der Waals surface area contributed by atoms with Crippen molar-refractivity contribution < 1.29 is 18.3 Å². The first kappa shape index (κ1) is 15.9. The van der Waals surface area contributed by atoms with Crippen LogP contribution in [0.25, 0.3) is 0 Å². The van der Waals surface area contributed by atoms with E-state index in [-0.39, 0.29) is 6.04 Å². The first-order chi connectivity index (χ1) is 9.17. The summed E-state index contributed by atoms with van der Waals surface area (Å²) < 4.78 is 34.2. The van der Waals surface area contributed by atoms with Gasteiger partial charge in [-0.25, -0.2) is 8.78 Å². The van der Waals surface area contributed by atoms with Crippen LogP contribution in [0.5, 0.6) is 5.75 Å². The molecule has 0 aliphatic carbocycles. The maximum absolute atomic E-state index is 11.9. The second-order valence-corrected chi connectivity index (χ2v) is 4.10. The highest BCUT2D eigenvalue weighted by Crippen LogP contribution is 2.21. The molecule has 1 rings (SSSR count). The van der Waals surface area contributed by atoms with E-state index in [0.29, 0.717) is 19.6 Å². The monoisotopic (exact) mass is 273 g/mol. The standard InChI is InChI=1S/C14H21F2NO2/c1-3-19-12-6-4-5-11(9-12)13(17-2)7-8-18-10-14(15)16/h4-6,9,13-14,17H,3,7-8,10H2,1-2H3. The molecule has 0 fully saturated rings. The Bertz CT molecular complexity index is 361. The van der Waals surface area contributed by atoms with Crippen LogP contribution in [0.3, 0.4) is 0 Å². The molecule has 1 atom stereocenters. The third-order valence-corrected chi connectivity index (χ3v) is 2.71. The zero-order valence-corrected chi connectivity index (χ0v) is 11.4. The van der Waals surface area contributed by atoms with E-state index in [1.165, 1.54) is 0 Å². The molecular formula is C14H21F2NO2. The lowest BCUT2D eigenvalue weighted by Gasteiger charge is -2.17. The van der Waals surface area contributed by atoms with Crippen LogP contribution < -0.4 is 10.1 Å². The van der Waals surface area contributed by atoms with Crippen LogP contribution in [0.1, 0.15) is 24.9 Å². The van der Waals surface area contributed by atoms with E-state index in [1.807, 2.05) is 38.2 Å². The Hall–Kier alpha value is -1.20. The second-order valence-electron chi connectivity index (χ2n) is 4.10. The van der Waals surface area contributed by atoms with Gasteiger partial charge in [0.25, 0.3) is 6.43 Å². The van der Waals surface area contributed by atoms with Crippen molar-refractivity contribution >= 4 is 0 Å². The molecule has 0 aliphatic heterocycles. The third kappa shape index (κ3) is 5.98. The van der Waals surface area contributed by atoms with Crippen LogP contribution in [-0.4, -0.2) is 33.3 Å². The summed E-state index contributed by atoms with van der Waals surface area (Å²) in [6.07, 6.45) is -1.77. The normalized spacial score (nSPS) is 12.7. The number of nitrogens with one attached hydrogen (secondary N) is 1. The Morgan fingerprint density at radius 1 is 1.32 bits per heavy atom.